The number of hydrogen-bond acceptors (Lipinski definition) is 7. The van der Waals surface area contributed by atoms with Gasteiger partial charge >= 0.3 is 5.97 Å². The van der Waals surface area contributed by atoms with Crippen LogP contribution < -0.4 is 24.5 Å². The molecule has 6 rings (SSSR count). The number of methoxy groups -OCH3 is 1. The fourth-order valence-electron chi connectivity index (χ4n) is 5.54. The van der Waals surface area contributed by atoms with Crippen LogP contribution in [0.4, 0.5) is 5.69 Å². The van der Waals surface area contributed by atoms with Crippen molar-refractivity contribution in [3.63, 3.8) is 0 Å². The van der Waals surface area contributed by atoms with E-state index in [1.807, 2.05) is 55.5 Å². The number of thiazole rings is 1. The molecule has 0 saturated carbocycles. The van der Waals surface area contributed by atoms with Gasteiger partial charge in [-0.25, -0.2) is 9.79 Å². The lowest BCUT2D eigenvalue weighted by molar-refractivity contribution is -0.138. The first-order valence-corrected chi connectivity index (χ1v) is 15.5. The smallest absolute Gasteiger partial charge is 0.338 e. The van der Waals surface area contributed by atoms with Crippen LogP contribution in [0.5, 0.6) is 5.75 Å². The van der Waals surface area contributed by atoms with Gasteiger partial charge in [-0.05, 0) is 50.2 Å². The van der Waals surface area contributed by atoms with Crippen molar-refractivity contribution in [1.29, 1.82) is 0 Å². The van der Waals surface area contributed by atoms with Gasteiger partial charge in [0.15, 0.2) is 4.80 Å². The van der Waals surface area contributed by atoms with Crippen LogP contribution in [0.25, 0.3) is 11.3 Å². The van der Waals surface area contributed by atoms with Crippen LogP contribution in [0.1, 0.15) is 36.6 Å². The number of likely N-dealkylation sites (N-methyl/N-ethyl adjacent to an activating group) is 1. The predicted octanol–water partition coefficient (Wildman–Crippen LogP) is 5.10. The molecule has 11 heteroatoms. The first-order chi connectivity index (χ1) is 20.8. The largest absolute Gasteiger partial charge is 0.496 e. The van der Waals surface area contributed by atoms with Crippen LogP contribution in [0, 0.1) is 0 Å². The number of aromatic nitrogens is 1. The first kappa shape index (κ1) is 29.1. The number of carbonyl (C=O) groups excluding carboxylic acids is 2. The summed E-state index contributed by atoms with van der Waals surface area (Å²) in [5, 5.41) is 0.394. The molecule has 0 N–H and O–H groups in total. The monoisotopic (exact) mass is 677 g/mol. The molecule has 0 fully saturated rings. The Bertz CT molecular complexity index is 2020. The summed E-state index contributed by atoms with van der Waals surface area (Å²) in [6.45, 7) is 4.15. The third-order valence-electron chi connectivity index (χ3n) is 7.36. The summed E-state index contributed by atoms with van der Waals surface area (Å²) in [6, 6.07) is 18.8. The highest BCUT2D eigenvalue weighted by Gasteiger charge is 2.39. The second-order valence-electron chi connectivity index (χ2n) is 9.72. The Hall–Kier alpha value is -3.99. The Balaban J connectivity index is 1.76. The van der Waals surface area contributed by atoms with Crippen LogP contribution in [0.3, 0.4) is 0 Å². The summed E-state index contributed by atoms with van der Waals surface area (Å²) in [7, 11) is 1.51. The SMILES string of the molecule is CCOC(=O)C1=C(c2ccccc2)N=c2s/c(=C3\C(=O)N(CC)c4ccc(Br)cc43)c(=O)n2[C@H]1c1cc(Cl)ccc1OC. The molecule has 0 unspecified atom stereocenters. The Morgan fingerprint density at radius 1 is 1.07 bits per heavy atom. The van der Waals surface area contributed by atoms with Gasteiger partial charge in [-0.2, -0.15) is 0 Å². The lowest BCUT2D eigenvalue weighted by atomic mass is 9.92. The minimum absolute atomic E-state index is 0.116. The minimum Gasteiger partial charge on any atom is -0.496 e. The zero-order valence-corrected chi connectivity index (χ0v) is 26.5. The third-order valence-corrected chi connectivity index (χ3v) is 9.14. The van der Waals surface area contributed by atoms with Crippen LogP contribution >= 0.6 is 38.9 Å². The van der Waals surface area contributed by atoms with E-state index in [1.165, 1.54) is 11.7 Å². The van der Waals surface area contributed by atoms with E-state index in [2.05, 4.69) is 15.9 Å². The number of ether oxygens (including phenoxy) is 2. The van der Waals surface area contributed by atoms with Gasteiger partial charge in [-0.3, -0.25) is 14.2 Å². The summed E-state index contributed by atoms with van der Waals surface area (Å²) < 4.78 is 13.7. The second-order valence-corrected chi connectivity index (χ2v) is 12.1. The Morgan fingerprint density at radius 3 is 2.53 bits per heavy atom. The fourth-order valence-corrected chi connectivity index (χ4v) is 7.17. The summed E-state index contributed by atoms with van der Waals surface area (Å²) >= 11 is 11.1. The van der Waals surface area contributed by atoms with Crippen LogP contribution in [0.15, 0.2) is 86.6 Å². The van der Waals surface area contributed by atoms with Gasteiger partial charge in [0.05, 0.1) is 36.2 Å². The molecule has 1 atom stereocenters. The normalized spacial score (nSPS) is 17.0. The number of esters is 1. The van der Waals surface area contributed by atoms with E-state index in [1.54, 1.807) is 30.0 Å². The van der Waals surface area contributed by atoms with E-state index < -0.39 is 17.6 Å². The Morgan fingerprint density at radius 2 is 1.84 bits per heavy atom. The molecule has 1 aromatic heterocycles. The summed E-state index contributed by atoms with van der Waals surface area (Å²) in [6.07, 6.45) is 0. The van der Waals surface area contributed by atoms with Gasteiger partial charge < -0.3 is 14.4 Å². The maximum Gasteiger partial charge on any atom is 0.338 e. The van der Waals surface area contributed by atoms with Gasteiger partial charge in [0.1, 0.15) is 16.3 Å². The summed E-state index contributed by atoms with van der Waals surface area (Å²) in [5.41, 5.74) is 2.88. The van der Waals surface area contributed by atoms with Crippen molar-refractivity contribution < 1.29 is 19.1 Å². The van der Waals surface area contributed by atoms with Crippen molar-refractivity contribution in [2.24, 2.45) is 4.99 Å². The number of halogens is 2. The number of anilines is 1. The fraction of sp³-hybridized carbons (Fsp3) is 0.188. The first-order valence-electron chi connectivity index (χ1n) is 13.5. The van der Waals surface area contributed by atoms with Gasteiger partial charge in [0.2, 0.25) is 0 Å². The quantitative estimate of drug-likeness (QED) is 0.265. The molecule has 8 nitrogen and oxygen atoms in total. The molecule has 0 spiro atoms. The topological polar surface area (TPSA) is 90.2 Å². The predicted molar refractivity (Wildman–Crippen MR) is 170 cm³/mol. The van der Waals surface area contributed by atoms with Crippen molar-refractivity contribution in [2.75, 3.05) is 25.2 Å². The molecule has 218 valence electrons. The molecule has 2 aliphatic rings. The molecule has 0 saturated heterocycles. The molecule has 2 aliphatic heterocycles. The minimum atomic E-state index is -1.01. The molecular formula is C32H25BrClN3O5S. The van der Waals surface area contributed by atoms with Crippen molar-refractivity contribution >= 4 is 67.7 Å². The van der Waals surface area contributed by atoms with E-state index in [-0.39, 0.29) is 22.6 Å². The number of benzene rings is 3. The van der Waals surface area contributed by atoms with Gasteiger partial charge in [0, 0.05) is 32.7 Å². The van der Waals surface area contributed by atoms with Crippen molar-refractivity contribution in [3.05, 3.63) is 118 Å². The second kappa shape index (κ2) is 11.6. The number of carbonyl (C=O) groups is 2. The molecule has 1 amide bonds. The number of rotatable bonds is 6. The number of nitrogens with zero attached hydrogens (tertiary/aromatic N) is 3. The van der Waals surface area contributed by atoms with Gasteiger partial charge in [-0.15, -0.1) is 0 Å². The maximum absolute atomic E-state index is 14.5. The van der Waals surface area contributed by atoms with Crippen molar-refractivity contribution in [1.82, 2.24) is 4.57 Å². The molecular weight excluding hydrogens is 654 g/mol. The van der Waals surface area contributed by atoms with E-state index in [9.17, 15) is 14.4 Å². The molecule has 3 heterocycles. The molecule has 0 aliphatic carbocycles. The average molecular weight is 679 g/mol. The van der Waals surface area contributed by atoms with Crippen LogP contribution in [0.2, 0.25) is 5.02 Å². The number of fused-ring (bicyclic) bond motifs is 2. The van der Waals surface area contributed by atoms with Crippen LogP contribution in [-0.2, 0) is 14.3 Å². The molecule has 43 heavy (non-hydrogen) atoms. The van der Waals surface area contributed by atoms with E-state index in [0.717, 1.165) is 21.5 Å². The van der Waals surface area contributed by atoms with E-state index in [0.29, 0.717) is 50.1 Å². The van der Waals surface area contributed by atoms with Crippen molar-refractivity contribution in [2.45, 2.75) is 19.9 Å². The van der Waals surface area contributed by atoms with Gasteiger partial charge in [-0.1, -0.05) is 69.2 Å². The van der Waals surface area contributed by atoms with Gasteiger partial charge in [0.25, 0.3) is 11.5 Å². The Labute approximate surface area is 264 Å². The highest BCUT2D eigenvalue weighted by molar-refractivity contribution is 9.10. The van der Waals surface area contributed by atoms with Crippen molar-refractivity contribution in [3.8, 4) is 5.75 Å². The zero-order valence-electron chi connectivity index (χ0n) is 23.4. The summed E-state index contributed by atoms with van der Waals surface area (Å²) in [4.78, 5) is 49.0. The molecule has 0 radical (unpaired) electrons. The Kier molecular flexibility index (Phi) is 7.85. The highest BCUT2D eigenvalue weighted by Crippen LogP contribution is 2.41. The zero-order chi connectivity index (χ0) is 30.4. The lowest BCUT2D eigenvalue weighted by Gasteiger charge is -2.27. The molecule has 4 aromatic rings. The maximum atomic E-state index is 14.5. The van der Waals surface area contributed by atoms with Crippen LogP contribution in [-0.4, -0.2) is 36.7 Å². The average Bonchev–Trinajstić information content (AvgIpc) is 3.47. The summed E-state index contributed by atoms with van der Waals surface area (Å²) in [5.74, 6) is -0.476. The molecule has 0 bridgehead atoms. The van der Waals surface area contributed by atoms with E-state index in [4.69, 9.17) is 26.1 Å². The third kappa shape index (κ3) is 4.83. The lowest BCUT2D eigenvalue weighted by Crippen LogP contribution is -2.41. The number of hydrogen-bond donors (Lipinski definition) is 0. The standard InChI is InChI=1S/C32H25BrClN3O5S/c1-4-36-22-13-11-18(33)15-20(22)24(29(36)38)28-30(39)37-27(21-16-19(34)12-14-23(21)41-3)25(31(40)42-5-2)26(35-32(37)43-28)17-9-7-6-8-10-17/h6-16,27H,4-5H2,1-3H3/b28-24-/t27-/m0/s1. The molecule has 3 aromatic carbocycles. The van der Waals surface area contributed by atoms with E-state index >= 15 is 0 Å². The highest BCUT2D eigenvalue weighted by atomic mass is 79.9. The number of amides is 1.